The molecular weight excluding hydrogens is 368 g/mol. The Bertz CT molecular complexity index is 922. The molecule has 0 saturated carbocycles. The fraction of sp³-hybridized carbons (Fsp3) is 0.100. The van der Waals surface area contributed by atoms with Crippen LogP contribution < -0.4 is 14.9 Å². The van der Waals surface area contributed by atoms with Crippen molar-refractivity contribution in [3.05, 3.63) is 82.8 Å². The Morgan fingerprint density at radius 2 is 2.00 bits per heavy atom. The SMILES string of the molecule is COc1cc(/C=N\NC(=O)c2ccco2)ccc1OCc1ccc(Cl)cc1. The lowest BCUT2D eigenvalue weighted by Crippen LogP contribution is -2.16. The maximum atomic E-state index is 11.7. The Labute approximate surface area is 161 Å². The van der Waals surface area contributed by atoms with Gasteiger partial charge in [-0.15, -0.1) is 0 Å². The highest BCUT2D eigenvalue weighted by Gasteiger charge is 2.07. The number of hydrogen-bond acceptors (Lipinski definition) is 5. The van der Waals surface area contributed by atoms with E-state index in [1.165, 1.54) is 12.5 Å². The van der Waals surface area contributed by atoms with E-state index < -0.39 is 5.91 Å². The van der Waals surface area contributed by atoms with Gasteiger partial charge >= 0.3 is 5.91 Å². The van der Waals surface area contributed by atoms with Gasteiger partial charge in [-0.1, -0.05) is 23.7 Å². The number of nitrogens with one attached hydrogen (secondary N) is 1. The summed E-state index contributed by atoms with van der Waals surface area (Å²) in [6, 6.07) is 16.0. The van der Waals surface area contributed by atoms with E-state index in [1.54, 1.807) is 31.4 Å². The van der Waals surface area contributed by atoms with Crippen LogP contribution in [0.1, 0.15) is 21.7 Å². The number of halogens is 1. The molecule has 3 aromatic rings. The highest BCUT2D eigenvalue weighted by Crippen LogP contribution is 2.28. The van der Waals surface area contributed by atoms with Crippen LogP contribution in [-0.2, 0) is 6.61 Å². The zero-order valence-corrected chi connectivity index (χ0v) is 15.3. The van der Waals surface area contributed by atoms with Crippen molar-refractivity contribution >= 4 is 23.7 Å². The van der Waals surface area contributed by atoms with Crippen LogP contribution in [0.4, 0.5) is 0 Å². The summed E-state index contributed by atoms with van der Waals surface area (Å²) in [5.41, 5.74) is 4.13. The molecule has 0 saturated heterocycles. The van der Waals surface area contributed by atoms with Crippen LogP contribution >= 0.6 is 11.6 Å². The fourth-order valence-electron chi connectivity index (χ4n) is 2.25. The van der Waals surface area contributed by atoms with E-state index in [4.69, 9.17) is 25.5 Å². The summed E-state index contributed by atoms with van der Waals surface area (Å²) < 4.78 is 16.2. The first-order valence-electron chi connectivity index (χ1n) is 8.08. The molecule has 27 heavy (non-hydrogen) atoms. The highest BCUT2D eigenvalue weighted by molar-refractivity contribution is 6.30. The van der Waals surface area contributed by atoms with Gasteiger partial charge in [0.2, 0.25) is 0 Å². The van der Waals surface area contributed by atoms with E-state index >= 15 is 0 Å². The number of carbonyl (C=O) groups excluding carboxylic acids is 1. The van der Waals surface area contributed by atoms with Crippen LogP contribution in [0.2, 0.25) is 5.02 Å². The summed E-state index contributed by atoms with van der Waals surface area (Å²) in [7, 11) is 1.56. The molecule has 6 nitrogen and oxygen atoms in total. The monoisotopic (exact) mass is 384 g/mol. The Morgan fingerprint density at radius 1 is 1.19 bits per heavy atom. The van der Waals surface area contributed by atoms with Crippen molar-refractivity contribution < 1.29 is 18.7 Å². The van der Waals surface area contributed by atoms with Crippen molar-refractivity contribution in [2.45, 2.75) is 6.61 Å². The van der Waals surface area contributed by atoms with Gasteiger partial charge in [0.1, 0.15) is 6.61 Å². The van der Waals surface area contributed by atoms with E-state index in [9.17, 15) is 4.79 Å². The summed E-state index contributed by atoms with van der Waals surface area (Å²) in [4.78, 5) is 11.7. The van der Waals surface area contributed by atoms with E-state index in [0.717, 1.165) is 11.1 Å². The fourth-order valence-corrected chi connectivity index (χ4v) is 2.38. The second-order valence-electron chi connectivity index (χ2n) is 5.50. The van der Waals surface area contributed by atoms with E-state index in [2.05, 4.69) is 10.5 Å². The molecule has 0 radical (unpaired) electrons. The molecule has 0 fully saturated rings. The third-order valence-electron chi connectivity index (χ3n) is 3.62. The Hall–Kier alpha value is -3.25. The third kappa shape index (κ3) is 5.12. The average molecular weight is 385 g/mol. The van der Waals surface area contributed by atoms with Gasteiger partial charge in [-0.3, -0.25) is 4.79 Å². The molecule has 0 unspecified atom stereocenters. The third-order valence-corrected chi connectivity index (χ3v) is 3.87. The molecule has 0 aliphatic heterocycles. The van der Waals surface area contributed by atoms with Crippen LogP contribution in [0.25, 0.3) is 0 Å². The molecule has 1 aromatic heterocycles. The topological polar surface area (TPSA) is 73.1 Å². The summed E-state index contributed by atoms with van der Waals surface area (Å²) in [5, 5.41) is 4.59. The molecule has 0 atom stereocenters. The molecule has 1 N–H and O–H groups in total. The zero-order valence-electron chi connectivity index (χ0n) is 14.5. The van der Waals surface area contributed by atoms with Gasteiger partial charge in [0.15, 0.2) is 17.3 Å². The molecule has 0 spiro atoms. The molecule has 0 aliphatic rings. The first-order valence-corrected chi connectivity index (χ1v) is 8.45. The first kappa shape index (κ1) is 18.5. The Morgan fingerprint density at radius 3 is 2.70 bits per heavy atom. The van der Waals surface area contributed by atoms with Crippen LogP contribution in [-0.4, -0.2) is 19.2 Å². The van der Waals surface area contributed by atoms with Crippen molar-refractivity contribution in [2.75, 3.05) is 7.11 Å². The van der Waals surface area contributed by atoms with Crippen molar-refractivity contribution in [2.24, 2.45) is 5.10 Å². The number of amides is 1. The smallest absolute Gasteiger partial charge is 0.307 e. The van der Waals surface area contributed by atoms with Crippen molar-refractivity contribution in [3.63, 3.8) is 0 Å². The van der Waals surface area contributed by atoms with Crippen LogP contribution in [0.5, 0.6) is 11.5 Å². The maximum Gasteiger partial charge on any atom is 0.307 e. The Balaban J connectivity index is 1.62. The first-order chi connectivity index (χ1) is 13.2. The zero-order chi connectivity index (χ0) is 19.1. The van der Waals surface area contributed by atoms with Crippen LogP contribution in [0, 0.1) is 0 Å². The number of rotatable bonds is 7. The molecule has 1 heterocycles. The number of carbonyl (C=O) groups is 1. The van der Waals surface area contributed by atoms with Crippen LogP contribution in [0.15, 0.2) is 70.4 Å². The van der Waals surface area contributed by atoms with Crippen molar-refractivity contribution in [1.29, 1.82) is 0 Å². The van der Waals surface area contributed by atoms with Crippen LogP contribution in [0.3, 0.4) is 0 Å². The number of nitrogens with zero attached hydrogens (tertiary/aromatic N) is 1. The molecular formula is C20H17ClN2O4. The minimum absolute atomic E-state index is 0.190. The van der Waals surface area contributed by atoms with E-state index in [1.807, 2.05) is 30.3 Å². The number of benzene rings is 2. The largest absolute Gasteiger partial charge is 0.493 e. The number of methoxy groups -OCH3 is 1. The Kier molecular flexibility index (Phi) is 6.12. The molecule has 0 aliphatic carbocycles. The quantitative estimate of drug-likeness (QED) is 0.487. The summed E-state index contributed by atoms with van der Waals surface area (Å²) in [5.74, 6) is 0.927. The minimum Gasteiger partial charge on any atom is -0.493 e. The number of furan rings is 1. The van der Waals surface area contributed by atoms with Gasteiger partial charge in [0, 0.05) is 5.02 Å². The van der Waals surface area contributed by atoms with Crippen molar-refractivity contribution in [1.82, 2.24) is 5.43 Å². The van der Waals surface area contributed by atoms with Gasteiger partial charge in [-0.2, -0.15) is 5.10 Å². The number of hydrogen-bond donors (Lipinski definition) is 1. The van der Waals surface area contributed by atoms with Gasteiger partial charge in [-0.25, -0.2) is 5.43 Å². The van der Waals surface area contributed by atoms with Gasteiger partial charge < -0.3 is 13.9 Å². The predicted octanol–water partition coefficient (Wildman–Crippen LogP) is 4.28. The summed E-state index contributed by atoms with van der Waals surface area (Å²) in [6.45, 7) is 0.389. The lowest BCUT2D eigenvalue weighted by Gasteiger charge is -2.11. The second-order valence-corrected chi connectivity index (χ2v) is 5.94. The molecule has 7 heteroatoms. The molecule has 0 bridgehead atoms. The number of ether oxygens (including phenoxy) is 2. The molecule has 3 rings (SSSR count). The normalized spacial score (nSPS) is 10.7. The maximum absolute atomic E-state index is 11.7. The van der Waals surface area contributed by atoms with Crippen molar-refractivity contribution in [3.8, 4) is 11.5 Å². The molecule has 1 amide bonds. The highest BCUT2D eigenvalue weighted by atomic mass is 35.5. The lowest BCUT2D eigenvalue weighted by molar-refractivity contribution is 0.0927. The van der Waals surface area contributed by atoms with Gasteiger partial charge in [-0.05, 0) is 53.6 Å². The average Bonchev–Trinajstić information content (AvgIpc) is 3.23. The second kappa shape index (κ2) is 8.91. The minimum atomic E-state index is -0.425. The van der Waals surface area contributed by atoms with E-state index in [0.29, 0.717) is 23.1 Å². The van der Waals surface area contributed by atoms with Gasteiger partial charge in [0.05, 0.1) is 19.6 Å². The lowest BCUT2D eigenvalue weighted by atomic mass is 10.2. The van der Waals surface area contributed by atoms with Gasteiger partial charge in [0.25, 0.3) is 0 Å². The standard InChI is InChI=1S/C20H17ClN2O4/c1-25-19-11-15(12-22-23-20(24)18-3-2-10-26-18)6-9-17(19)27-13-14-4-7-16(21)8-5-14/h2-12H,13H2,1H3,(H,23,24)/b22-12-. The summed E-state index contributed by atoms with van der Waals surface area (Å²) >= 11 is 5.88. The summed E-state index contributed by atoms with van der Waals surface area (Å²) in [6.07, 6.45) is 2.93. The predicted molar refractivity (Wildman–Crippen MR) is 103 cm³/mol. The molecule has 138 valence electrons. The van der Waals surface area contributed by atoms with E-state index in [-0.39, 0.29) is 5.76 Å². The number of hydrazone groups is 1. The molecule has 2 aromatic carbocycles.